The predicted octanol–water partition coefficient (Wildman–Crippen LogP) is -1.13. The summed E-state index contributed by atoms with van der Waals surface area (Å²) < 4.78 is 0. The Morgan fingerprint density at radius 2 is 1.65 bits per heavy atom. The van der Waals surface area contributed by atoms with Crippen LogP contribution in [0, 0.1) is 0 Å². The third-order valence-electron chi connectivity index (χ3n) is 5.46. The molecule has 4 rings (SSSR count). The molecule has 3 aliphatic rings. The molecule has 138 valence electrons. The number of rotatable bonds is 4. The molecule has 0 spiro atoms. The van der Waals surface area contributed by atoms with Gasteiger partial charge >= 0.3 is 17.8 Å². The van der Waals surface area contributed by atoms with Crippen LogP contribution in [0.15, 0.2) is 18.5 Å². The number of amides is 4. The summed E-state index contributed by atoms with van der Waals surface area (Å²) in [5.41, 5.74) is 0. The summed E-state index contributed by atoms with van der Waals surface area (Å²) in [7, 11) is 0. The number of nitrogens with zero attached hydrogens (tertiary/aromatic N) is 5. The van der Waals surface area contributed by atoms with E-state index < -0.39 is 17.8 Å². The largest absolute Gasteiger partial charge is 0.338 e. The molecule has 9 heteroatoms. The molecule has 1 aromatic rings. The van der Waals surface area contributed by atoms with Crippen molar-refractivity contribution in [2.75, 3.05) is 37.7 Å². The number of piperazine rings is 1. The molecule has 26 heavy (non-hydrogen) atoms. The van der Waals surface area contributed by atoms with Crippen LogP contribution < -0.4 is 9.80 Å². The Kier molecular flexibility index (Phi) is 4.54. The Morgan fingerprint density at radius 3 is 2.31 bits per heavy atom. The van der Waals surface area contributed by atoms with Gasteiger partial charge in [-0.05, 0) is 18.9 Å². The van der Waals surface area contributed by atoms with Gasteiger partial charge in [0.15, 0.2) is 6.67 Å². The van der Waals surface area contributed by atoms with Gasteiger partial charge in [-0.2, -0.15) is 0 Å². The molecule has 2 saturated heterocycles. The Bertz CT molecular complexity index is 698. The van der Waals surface area contributed by atoms with E-state index in [1.807, 2.05) is 0 Å². The molecule has 0 bridgehead atoms. The fraction of sp³-hybridized carbons (Fsp3) is 0.588. The van der Waals surface area contributed by atoms with Gasteiger partial charge in [-0.15, -0.1) is 0 Å². The molecule has 0 unspecified atom stereocenters. The van der Waals surface area contributed by atoms with Gasteiger partial charge in [-0.3, -0.25) is 14.5 Å². The molecule has 9 nitrogen and oxygen atoms in total. The molecule has 0 radical (unpaired) electrons. The molecule has 1 aliphatic carbocycles. The van der Waals surface area contributed by atoms with E-state index in [9.17, 15) is 14.4 Å². The van der Waals surface area contributed by atoms with Crippen molar-refractivity contribution in [2.24, 2.45) is 0 Å². The quantitative estimate of drug-likeness (QED) is 0.541. The number of hydrogen-bond acceptors (Lipinski definition) is 6. The smallest absolute Gasteiger partial charge is 0.330 e. The predicted molar refractivity (Wildman–Crippen MR) is 91.2 cm³/mol. The van der Waals surface area contributed by atoms with E-state index in [0.717, 1.165) is 61.7 Å². The Balaban J connectivity index is 1.36. The van der Waals surface area contributed by atoms with Crippen molar-refractivity contribution >= 4 is 23.8 Å². The van der Waals surface area contributed by atoms with Gasteiger partial charge in [-0.25, -0.2) is 19.7 Å². The third-order valence-corrected chi connectivity index (χ3v) is 5.46. The van der Waals surface area contributed by atoms with E-state index >= 15 is 0 Å². The molecule has 1 aromatic heterocycles. The first-order valence-corrected chi connectivity index (χ1v) is 9.19. The SMILES string of the molecule is O=C1C(=O)N(C2CCCC2)C(=O)N1C[NH+]1CCN(c2ncccn2)CC1. The van der Waals surface area contributed by atoms with Crippen molar-refractivity contribution in [1.82, 2.24) is 19.8 Å². The first-order chi connectivity index (χ1) is 12.6. The van der Waals surface area contributed by atoms with Gasteiger partial charge in [-0.1, -0.05) is 12.8 Å². The van der Waals surface area contributed by atoms with Crippen LogP contribution in [-0.4, -0.2) is 76.5 Å². The van der Waals surface area contributed by atoms with Gasteiger partial charge in [0.1, 0.15) is 0 Å². The van der Waals surface area contributed by atoms with E-state index in [-0.39, 0.29) is 12.7 Å². The third kappa shape index (κ3) is 3.03. The second kappa shape index (κ2) is 6.99. The highest BCUT2D eigenvalue weighted by molar-refractivity contribution is 6.44. The maximum atomic E-state index is 12.6. The number of aromatic nitrogens is 2. The Morgan fingerprint density at radius 1 is 1.00 bits per heavy atom. The number of urea groups is 1. The maximum Gasteiger partial charge on any atom is 0.338 e. The van der Waals surface area contributed by atoms with Crippen molar-refractivity contribution in [1.29, 1.82) is 0 Å². The Labute approximate surface area is 151 Å². The number of hydrogen-bond donors (Lipinski definition) is 1. The van der Waals surface area contributed by atoms with Crippen molar-refractivity contribution in [3.8, 4) is 0 Å². The zero-order valence-corrected chi connectivity index (χ0v) is 14.6. The Hall–Kier alpha value is -2.55. The average molecular weight is 359 g/mol. The van der Waals surface area contributed by atoms with Gasteiger partial charge in [0.05, 0.1) is 26.2 Å². The molecule has 0 aromatic carbocycles. The lowest BCUT2D eigenvalue weighted by molar-refractivity contribution is -0.907. The summed E-state index contributed by atoms with van der Waals surface area (Å²) in [4.78, 5) is 51.3. The second-order valence-corrected chi connectivity index (χ2v) is 7.07. The number of quaternary nitrogens is 1. The van der Waals surface area contributed by atoms with Crippen LogP contribution in [0.5, 0.6) is 0 Å². The van der Waals surface area contributed by atoms with Crippen LogP contribution >= 0.6 is 0 Å². The van der Waals surface area contributed by atoms with E-state index in [1.165, 1.54) is 4.90 Å². The van der Waals surface area contributed by atoms with Crippen LogP contribution in [0.3, 0.4) is 0 Å². The van der Waals surface area contributed by atoms with Gasteiger partial charge in [0.25, 0.3) is 0 Å². The molecule has 1 saturated carbocycles. The lowest BCUT2D eigenvalue weighted by atomic mass is 10.2. The highest BCUT2D eigenvalue weighted by Crippen LogP contribution is 2.27. The van der Waals surface area contributed by atoms with E-state index in [2.05, 4.69) is 14.9 Å². The zero-order chi connectivity index (χ0) is 18.1. The van der Waals surface area contributed by atoms with Crippen molar-refractivity contribution in [2.45, 2.75) is 31.7 Å². The summed E-state index contributed by atoms with van der Waals surface area (Å²) in [6.45, 7) is 3.25. The first-order valence-electron chi connectivity index (χ1n) is 9.19. The highest BCUT2D eigenvalue weighted by atomic mass is 16.2. The van der Waals surface area contributed by atoms with Crippen molar-refractivity contribution in [3.63, 3.8) is 0 Å². The van der Waals surface area contributed by atoms with Crippen molar-refractivity contribution in [3.05, 3.63) is 18.5 Å². The molecule has 3 fully saturated rings. The standard InChI is InChI=1S/C17H22N6O3/c24-14-15(25)23(13-4-1-2-5-13)17(26)22(14)12-20-8-10-21(11-9-20)16-18-6-3-7-19-16/h3,6-7,13H,1-2,4-5,8-12H2/p+1. The summed E-state index contributed by atoms with van der Waals surface area (Å²) in [6.07, 6.45) is 7.05. The monoisotopic (exact) mass is 359 g/mol. The second-order valence-electron chi connectivity index (χ2n) is 7.07. The minimum absolute atomic E-state index is 0.106. The van der Waals surface area contributed by atoms with Crippen LogP contribution in [0.1, 0.15) is 25.7 Å². The summed E-state index contributed by atoms with van der Waals surface area (Å²) in [5, 5.41) is 0. The van der Waals surface area contributed by atoms with E-state index in [0.29, 0.717) is 5.95 Å². The number of anilines is 1. The van der Waals surface area contributed by atoms with Crippen LogP contribution in [0.25, 0.3) is 0 Å². The molecule has 4 amide bonds. The summed E-state index contributed by atoms with van der Waals surface area (Å²) in [5.74, 6) is -0.636. The van der Waals surface area contributed by atoms with E-state index in [4.69, 9.17) is 0 Å². The van der Waals surface area contributed by atoms with Crippen LogP contribution in [-0.2, 0) is 9.59 Å². The lowest BCUT2D eigenvalue weighted by Gasteiger charge is -2.33. The normalized spacial score (nSPS) is 22.8. The zero-order valence-electron chi connectivity index (χ0n) is 14.6. The molecule has 2 aliphatic heterocycles. The topological polar surface area (TPSA) is 91.2 Å². The fourth-order valence-electron chi connectivity index (χ4n) is 4.01. The molecular formula is C17H23N6O3+. The minimum Gasteiger partial charge on any atom is -0.330 e. The van der Waals surface area contributed by atoms with E-state index in [1.54, 1.807) is 18.5 Å². The van der Waals surface area contributed by atoms with Crippen LogP contribution in [0.4, 0.5) is 10.7 Å². The summed E-state index contributed by atoms with van der Waals surface area (Å²) in [6, 6.07) is 1.24. The van der Waals surface area contributed by atoms with Crippen LogP contribution in [0.2, 0.25) is 0 Å². The molecule has 1 N–H and O–H groups in total. The maximum absolute atomic E-state index is 12.6. The number of carbonyl (C=O) groups excluding carboxylic acids is 3. The molecule has 3 heterocycles. The number of carbonyl (C=O) groups is 3. The number of imide groups is 2. The fourth-order valence-corrected chi connectivity index (χ4v) is 4.01. The highest BCUT2D eigenvalue weighted by Gasteiger charge is 2.49. The van der Waals surface area contributed by atoms with Gasteiger partial charge < -0.3 is 9.80 Å². The first kappa shape index (κ1) is 16.9. The van der Waals surface area contributed by atoms with Crippen molar-refractivity contribution < 1.29 is 19.3 Å². The summed E-state index contributed by atoms with van der Waals surface area (Å²) >= 11 is 0. The van der Waals surface area contributed by atoms with Gasteiger partial charge in [0.2, 0.25) is 5.95 Å². The minimum atomic E-state index is -0.678. The lowest BCUT2D eigenvalue weighted by Crippen LogP contribution is -3.16. The van der Waals surface area contributed by atoms with Gasteiger partial charge in [0, 0.05) is 18.4 Å². The molecule has 0 atom stereocenters. The molecular weight excluding hydrogens is 336 g/mol. The average Bonchev–Trinajstić information content (AvgIpc) is 3.27. The number of nitrogens with one attached hydrogen (secondary N) is 1.